The number of carbonyl (C=O) groups is 1. The van der Waals surface area contributed by atoms with E-state index in [1.807, 2.05) is 0 Å². The zero-order chi connectivity index (χ0) is 9.73. The fourth-order valence-corrected chi connectivity index (χ4v) is 1.11. The van der Waals surface area contributed by atoms with Gasteiger partial charge in [0.25, 0.3) is 0 Å². The Morgan fingerprint density at radius 1 is 1.62 bits per heavy atom. The predicted octanol–water partition coefficient (Wildman–Crippen LogP) is 0.318. The zero-order valence-corrected chi connectivity index (χ0v) is 8.26. The quantitative estimate of drug-likeness (QED) is 0.369. The molecule has 13 heavy (non-hydrogen) atoms. The van der Waals surface area contributed by atoms with Crippen molar-refractivity contribution < 1.29 is 14.3 Å². The van der Waals surface area contributed by atoms with Gasteiger partial charge in [-0.1, -0.05) is 6.92 Å². The molecule has 1 saturated heterocycles. The summed E-state index contributed by atoms with van der Waals surface area (Å²) in [5.74, 6) is -0.237. The van der Waals surface area contributed by atoms with Crippen molar-refractivity contribution in [1.82, 2.24) is 5.32 Å². The molecule has 0 aromatic heterocycles. The summed E-state index contributed by atoms with van der Waals surface area (Å²) in [7, 11) is 0. The standard InChI is InChI=1S/C9H17NO3/c1-3-5-10-6-9(7-13-9)8(11)12-4-2/h10H,3-7H2,1-2H3. The van der Waals surface area contributed by atoms with Crippen LogP contribution in [0.5, 0.6) is 0 Å². The van der Waals surface area contributed by atoms with Gasteiger partial charge < -0.3 is 14.8 Å². The van der Waals surface area contributed by atoms with Gasteiger partial charge in [-0.15, -0.1) is 0 Å². The van der Waals surface area contributed by atoms with Gasteiger partial charge in [0.1, 0.15) is 0 Å². The van der Waals surface area contributed by atoms with Crippen molar-refractivity contribution in [2.75, 3.05) is 26.3 Å². The van der Waals surface area contributed by atoms with Crippen LogP contribution in [0, 0.1) is 0 Å². The van der Waals surface area contributed by atoms with Gasteiger partial charge in [-0.25, -0.2) is 4.79 Å². The van der Waals surface area contributed by atoms with Crippen molar-refractivity contribution in [3.63, 3.8) is 0 Å². The molecule has 1 atom stereocenters. The number of hydrogen-bond acceptors (Lipinski definition) is 4. The Morgan fingerprint density at radius 2 is 2.31 bits per heavy atom. The van der Waals surface area contributed by atoms with E-state index in [0.29, 0.717) is 19.8 Å². The van der Waals surface area contributed by atoms with Gasteiger partial charge in [-0.2, -0.15) is 0 Å². The highest BCUT2D eigenvalue weighted by atomic mass is 16.6. The van der Waals surface area contributed by atoms with E-state index in [2.05, 4.69) is 12.2 Å². The van der Waals surface area contributed by atoms with Crippen LogP contribution in [0.3, 0.4) is 0 Å². The molecule has 4 nitrogen and oxygen atoms in total. The van der Waals surface area contributed by atoms with Crippen LogP contribution in [-0.2, 0) is 14.3 Å². The van der Waals surface area contributed by atoms with E-state index in [-0.39, 0.29) is 5.97 Å². The van der Waals surface area contributed by atoms with Crippen molar-refractivity contribution in [3.8, 4) is 0 Å². The summed E-state index contributed by atoms with van der Waals surface area (Å²) in [4.78, 5) is 11.3. The lowest BCUT2D eigenvalue weighted by atomic mass is 10.1. The summed E-state index contributed by atoms with van der Waals surface area (Å²) in [6.07, 6.45) is 1.05. The summed E-state index contributed by atoms with van der Waals surface area (Å²) in [6, 6.07) is 0. The van der Waals surface area contributed by atoms with Crippen molar-refractivity contribution in [2.45, 2.75) is 25.9 Å². The maximum absolute atomic E-state index is 11.3. The van der Waals surface area contributed by atoms with Crippen molar-refractivity contribution in [3.05, 3.63) is 0 Å². The molecular formula is C9H17NO3. The van der Waals surface area contributed by atoms with Gasteiger partial charge in [-0.3, -0.25) is 0 Å². The second-order valence-corrected chi connectivity index (χ2v) is 3.18. The highest BCUT2D eigenvalue weighted by Gasteiger charge is 2.53. The van der Waals surface area contributed by atoms with Gasteiger partial charge >= 0.3 is 5.97 Å². The van der Waals surface area contributed by atoms with Crippen LogP contribution in [0.2, 0.25) is 0 Å². The molecule has 1 rings (SSSR count). The van der Waals surface area contributed by atoms with E-state index in [0.717, 1.165) is 13.0 Å². The molecule has 1 aliphatic rings. The summed E-state index contributed by atoms with van der Waals surface area (Å²) in [5.41, 5.74) is -0.662. The Labute approximate surface area is 78.6 Å². The number of nitrogens with one attached hydrogen (secondary N) is 1. The smallest absolute Gasteiger partial charge is 0.342 e. The number of carbonyl (C=O) groups excluding carboxylic acids is 1. The number of hydrogen-bond donors (Lipinski definition) is 1. The molecule has 0 spiro atoms. The molecule has 4 heteroatoms. The molecule has 0 saturated carbocycles. The second-order valence-electron chi connectivity index (χ2n) is 3.18. The van der Waals surface area contributed by atoms with Crippen LogP contribution in [0.1, 0.15) is 20.3 Å². The highest BCUT2D eigenvalue weighted by molar-refractivity contribution is 5.82. The SMILES string of the molecule is CCCNCC1(C(=O)OCC)CO1. The van der Waals surface area contributed by atoms with Gasteiger partial charge in [0.15, 0.2) is 0 Å². The summed E-state index contributed by atoms with van der Waals surface area (Å²) in [5, 5.41) is 3.15. The lowest BCUT2D eigenvalue weighted by Crippen LogP contribution is -2.38. The van der Waals surface area contributed by atoms with E-state index < -0.39 is 5.60 Å². The second kappa shape index (κ2) is 4.58. The Balaban J connectivity index is 2.25. The molecule has 1 unspecified atom stereocenters. The molecule has 76 valence electrons. The van der Waals surface area contributed by atoms with Crippen LogP contribution < -0.4 is 5.32 Å². The minimum absolute atomic E-state index is 0.237. The third-order valence-corrected chi connectivity index (χ3v) is 1.98. The third kappa shape index (κ3) is 2.67. The van der Waals surface area contributed by atoms with Crippen molar-refractivity contribution in [1.29, 1.82) is 0 Å². The molecule has 0 bridgehead atoms. The molecule has 0 aromatic rings. The van der Waals surface area contributed by atoms with Crippen LogP contribution in [0.4, 0.5) is 0 Å². The van der Waals surface area contributed by atoms with Crippen LogP contribution in [-0.4, -0.2) is 37.9 Å². The van der Waals surface area contributed by atoms with Crippen LogP contribution >= 0.6 is 0 Å². The first-order valence-corrected chi connectivity index (χ1v) is 4.77. The van der Waals surface area contributed by atoms with E-state index in [1.54, 1.807) is 6.92 Å². The maximum Gasteiger partial charge on any atom is 0.342 e. The average Bonchev–Trinajstić information content (AvgIpc) is 2.87. The first-order valence-electron chi connectivity index (χ1n) is 4.77. The number of esters is 1. The molecule has 0 aliphatic carbocycles. The molecule has 1 fully saturated rings. The topological polar surface area (TPSA) is 50.9 Å². The van der Waals surface area contributed by atoms with Crippen LogP contribution in [0.25, 0.3) is 0 Å². The minimum atomic E-state index is -0.662. The number of rotatable bonds is 6. The summed E-state index contributed by atoms with van der Waals surface area (Å²) >= 11 is 0. The molecular weight excluding hydrogens is 170 g/mol. The van der Waals surface area contributed by atoms with Crippen LogP contribution in [0.15, 0.2) is 0 Å². The van der Waals surface area contributed by atoms with E-state index in [9.17, 15) is 4.79 Å². The van der Waals surface area contributed by atoms with E-state index in [4.69, 9.17) is 9.47 Å². The monoisotopic (exact) mass is 187 g/mol. The lowest BCUT2D eigenvalue weighted by Gasteiger charge is -2.10. The molecule has 0 aromatic carbocycles. The van der Waals surface area contributed by atoms with Gasteiger partial charge in [0.05, 0.1) is 13.2 Å². The lowest BCUT2D eigenvalue weighted by molar-refractivity contribution is -0.149. The fourth-order valence-electron chi connectivity index (χ4n) is 1.11. The Hall–Kier alpha value is -0.610. The minimum Gasteiger partial charge on any atom is -0.464 e. The van der Waals surface area contributed by atoms with E-state index >= 15 is 0 Å². The summed E-state index contributed by atoms with van der Waals surface area (Å²) < 4.78 is 10.0. The third-order valence-electron chi connectivity index (χ3n) is 1.98. The molecule has 1 heterocycles. The Bertz CT molecular complexity index is 178. The van der Waals surface area contributed by atoms with Gasteiger partial charge in [0.2, 0.25) is 5.60 Å². The van der Waals surface area contributed by atoms with E-state index in [1.165, 1.54) is 0 Å². The largest absolute Gasteiger partial charge is 0.464 e. The Kier molecular flexibility index (Phi) is 3.69. The van der Waals surface area contributed by atoms with Crippen molar-refractivity contribution in [2.24, 2.45) is 0 Å². The first-order chi connectivity index (χ1) is 6.25. The van der Waals surface area contributed by atoms with Gasteiger partial charge in [-0.05, 0) is 19.9 Å². The molecule has 0 amide bonds. The fraction of sp³-hybridized carbons (Fsp3) is 0.889. The Morgan fingerprint density at radius 3 is 2.77 bits per heavy atom. The van der Waals surface area contributed by atoms with Gasteiger partial charge in [0, 0.05) is 6.54 Å². The average molecular weight is 187 g/mol. The highest BCUT2D eigenvalue weighted by Crippen LogP contribution is 2.27. The predicted molar refractivity (Wildman–Crippen MR) is 48.5 cm³/mol. The molecule has 0 radical (unpaired) electrons. The molecule has 1 aliphatic heterocycles. The normalized spacial score (nSPS) is 25.7. The maximum atomic E-state index is 11.3. The van der Waals surface area contributed by atoms with Crippen molar-refractivity contribution >= 4 is 5.97 Å². The number of ether oxygens (including phenoxy) is 2. The first kappa shape index (κ1) is 10.5. The zero-order valence-electron chi connectivity index (χ0n) is 8.26. The summed E-state index contributed by atoms with van der Waals surface area (Å²) in [6.45, 7) is 6.26. The molecule has 1 N–H and O–H groups in total. The number of epoxide rings is 1.